The first-order valence-corrected chi connectivity index (χ1v) is 6.58. The Morgan fingerprint density at radius 1 is 1.27 bits per heavy atom. The number of hydrogen-bond donors (Lipinski definition) is 1. The number of hydrogen-bond acceptors (Lipinski definition) is 3. The summed E-state index contributed by atoms with van der Waals surface area (Å²) in [5, 5.41) is 12.1. The lowest BCUT2D eigenvalue weighted by atomic mass is 10.1. The molecule has 0 bridgehead atoms. The fraction of sp³-hybridized carbons (Fsp3) is 0.0588. The maximum atomic E-state index is 13.3. The molecule has 1 amide bonds. The van der Waals surface area contributed by atoms with Gasteiger partial charge in [0.1, 0.15) is 11.4 Å². The average molecular weight is 294 g/mol. The number of nitriles is 1. The minimum Gasteiger partial charge on any atom is -0.451 e. The van der Waals surface area contributed by atoms with Crippen LogP contribution in [-0.2, 0) is 0 Å². The van der Waals surface area contributed by atoms with Crippen LogP contribution in [0.1, 0.15) is 21.7 Å². The highest BCUT2D eigenvalue weighted by Gasteiger charge is 2.18. The average Bonchev–Trinajstić information content (AvgIpc) is 2.84. The van der Waals surface area contributed by atoms with Crippen molar-refractivity contribution in [1.29, 1.82) is 5.26 Å². The van der Waals surface area contributed by atoms with Crippen molar-refractivity contribution in [3.05, 3.63) is 65.2 Å². The number of anilines is 1. The van der Waals surface area contributed by atoms with E-state index in [1.54, 1.807) is 31.2 Å². The molecule has 22 heavy (non-hydrogen) atoms. The van der Waals surface area contributed by atoms with E-state index in [0.717, 1.165) is 0 Å². The van der Waals surface area contributed by atoms with Gasteiger partial charge in [-0.25, -0.2) is 4.39 Å². The molecule has 0 aliphatic carbocycles. The van der Waals surface area contributed by atoms with Crippen LogP contribution in [-0.4, -0.2) is 5.91 Å². The van der Waals surface area contributed by atoms with Crippen molar-refractivity contribution < 1.29 is 13.6 Å². The van der Waals surface area contributed by atoms with Crippen molar-refractivity contribution in [2.24, 2.45) is 0 Å². The first-order valence-electron chi connectivity index (χ1n) is 6.58. The number of fused-ring (bicyclic) bond motifs is 1. The Morgan fingerprint density at radius 3 is 2.86 bits per heavy atom. The number of benzene rings is 2. The van der Waals surface area contributed by atoms with Gasteiger partial charge in [0.25, 0.3) is 5.91 Å². The second-order valence-electron chi connectivity index (χ2n) is 4.84. The third-order valence-electron chi connectivity index (χ3n) is 3.35. The predicted molar refractivity (Wildman–Crippen MR) is 80.0 cm³/mol. The molecule has 5 heteroatoms. The molecule has 0 atom stereocenters. The molecule has 0 radical (unpaired) electrons. The largest absolute Gasteiger partial charge is 0.451 e. The zero-order valence-electron chi connectivity index (χ0n) is 11.7. The van der Waals surface area contributed by atoms with Crippen LogP contribution in [0.15, 0.2) is 46.9 Å². The molecule has 0 aliphatic heterocycles. The van der Waals surface area contributed by atoms with Crippen LogP contribution in [0.25, 0.3) is 11.0 Å². The van der Waals surface area contributed by atoms with E-state index in [2.05, 4.69) is 5.32 Å². The van der Waals surface area contributed by atoms with Crippen molar-refractivity contribution >= 4 is 22.6 Å². The lowest BCUT2D eigenvalue weighted by molar-refractivity contribution is 0.0998. The summed E-state index contributed by atoms with van der Waals surface area (Å²) in [6.07, 6.45) is 0. The second-order valence-corrected chi connectivity index (χ2v) is 4.84. The van der Waals surface area contributed by atoms with Gasteiger partial charge in [-0.2, -0.15) is 5.26 Å². The van der Waals surface area contributed by atoms with Crippen LogP contribution in [0.4, 0.5) is 10.1 Å². The second kappa shape index (κ2) is 5.34. The highest BCUT2D eigenvalue weighted by atomic mass is 19.1. The van der Waals surface area contributed by atoms with Gasteiger partial charge in [-0.1, -0.05) is 6.07 Å². The van der Waals surface area contributed by atoms with Crippen LogP contribution in [0.5, 0.6) is 0 Å². The van der Waals surface area contributed by atoms with Crippen molar-refractivity contribution in [1.82, 2.24) is 0 Å². The molecule has 0 saturated heterocycles. The Balaban J connectivity index is 1.95. The first-order chi connectivity index (χ1) is 10.6. The zero-order chi connectivity index (χ0) is 15.7. The summed E-state index contributed by atoms with van der Waals surface area (Å²) in [4.78, 5) is 12.3. The smallest absolute Gasteiger partial charge is 0.291 e. The number of amides is 1. The molecule has 0 spiro atoms. The molecular weight excluding hydrogens is 283 g/mol. The maximum Gasteiger partial charge on any atom is 0.291 e. The van der Waals surface area contributed by atoms with Gasteiger partial charge in [-0.15, -0.1) is 0 Å². The summed E-state index contributed by atoms with van der Waals surface area (Å²) >= 11 is 0. The molecule has 108 valence electrons. The highest BCUT2D eigenvalue weighted by Crippen LogP contribution is 2.26. The van der Waals surface area contributed by atoms with Crippen molar-refractivity contribution in [2.75, 3.05) is 5.32 Å². The van der Waals surface area contributed by atoms with Gasteiger partial charge in [-0.05, 0) is 43.3 Å². The number of nitrogens with zero attached hydrogens (tertiary/aromatic N) is 1. The molecule has 1 heterocycles. The van der Waals surface area contributed by atoms with Crippen LogP contribution in [0.3, 0.4) is 0 Å². The normalized spacial score (nSPS) is 10.4. The van der Waals surface area contributed by atoms with Gasteiger partial charge in [0.15, 0.2) is 5.76 Å². The number of halogens is 1. The van der Waals surface area contributed by atoms with Gasteiger partial charge in [0.2, 0.25) is 0 Å². The van der Waals surface area contributed by atoms with E-state index in [4.69, 9.17) is 9.68 Å². The zero-order valence-corrected chi connectivity index (χ0v) is 11.7. The quantitative estimate of drug-likeness (QED) is 0.776. The van der Waals surface area contributed by atoms with Crippen LogP contribution >= 0.6 is 0 Å². The fourth-order valence-electron chi connectivity index (χ4n) is 2.26. The molecule has 1 aromatic heterocycles. The lowest BCUT2D eigenvalue weighted by Crippen LogP contribution is -2.12. The molecule has 0 unspecified atom stereocenters. The van der Waals surface area contributed by atoms with E-state index < -0.39 is 5.91 Å². The molecule has 1 N–H and O–H groups in total. The minimum atomic E-state index is -0.441. The summed E-state index contributed by atoms with van der Waals surface area (Å²) in [5.74, 6) is -0.697. The van der Waals surface area contributed by atoms with E-state index in [1.165, 1.54) is 18.2 Å². The lowest BCUT2D eigenvalue weighted by Gasteiger charge is -2.03. The van der Waals surface area contributed by atoms with Gasteiger partial charge >= 0.3 is 0 Å². The summed E-state index contributed by atoms with van der Waals surface area (Å²) in [6, 6.07) is 12.7. The number of carbonyl (C=O) groups is 1. The van der Waals surface area contributed by atoms with Gasteiger partial charge < -0.3 is 9.73 Å². The van der Waals surface area contributed by atoms with Crippen molar-refractivity contribution in [3.8, 4) is 6.07 Å². The summed E-state index contributed by atoms with van der Waals surface area (Å²) < 4.78 is 18.8. The molecule has 2 aromatic carbocycles. The highest BCUT2D eigenvalue weighted by molar-refractivity contribution is 6.06. The fourth-order valence-corrected chi connectivity index (χ4v) is 2.26. The van der Waals surface area contributed by atoms with Crippen LogP contribution in [0.2, 0.25) is 0 Å². The third kappa shape index (κ3) is 2.42. The predicted octanol–water partition coefficient (Wildman–Crippen LogP) is 4.00. The first kappa shape index (κ1) is 13.8. The van der Waals surface area contributed by atoms with E-state index in [0.29, 0.717) is 27.8 Å². The monoisotopic (exact) mass is 294 g/mol. The van der Waals surface area contributed by atoms with E-state index in [-0.39, 0.29) is 11.6 Å². The summed E-state index contributed by atoms with van der Waals surface area (Å²) in [7, 11) is 0. The Morgan fingerprint density at radius 2 is 2.09 bits per heavy atom. The Labute approximate surface area is 125 Å². The maximum absolute atomic E-state index is 13.3. The molecule has 3 rings (SSSR count). The van der Waals surface area contributed by atoms with E-state index >= 15 is 0 Å². The summed E-state index contributed by atoms with van der Waals surface area (Å²) in [6.45, 7) is 1.70. The standard InChI is InChI=1S/C17H11FN2O2/c1-10-14-8-12(18)5-6-15(14)22-16(10)17(21)20-13-4-2-3-11(7-13)9-19/h2-8H,1H3,(H,20,21). The Bertz CT molecular complexity index is 922. The van der Waals surface area contributed by atoms with Gasteiger partial charge in [0.05, 0.1) is 11.6 Å². The Hall–Kier alpha value is -3.13. The molecule has 0 aliphatic rings. The third-order valence-corrected chi connectivity index (χ3v) is 3.35. The summed E-state index contributed by atoms with van der Waals surface area (Å²) in [5.41, 5.74) is 1.97. The molecule has 0 saturated carbocycles. The van der Waals surface area contributed by atoms with Crippen LogP contribution < -0.4 is 5.32 Å². The number of rotatable bonds is 2. The Kier molecular flexibility index (Phi) is 3.36. The number of aryl methyl sites for hydroxylation is 1. The van der Waals surface area contributed by atoms with Crippen molar-refractivity contribution in [3.63, 3.8) is 0 Å². The van der Waals surface area contributed by atoms with E-state index in [9.17, 15) is 9.18 Å². The SMILES string of the molecule is Cc1c(C(=O)Nc2cccc(C#N)c2)oc2ccc(F)cc12. The van der Waals surface area contributed by atoms with Crippen molar-refractivity contribution in [2.45, 2.75) is 6.92 Å². The van der Waals surface area contributed by atoms with E-state index in [1.807, 2.05) is 6.07 Å². The van der Waals surface area contributed by atoms with Gasteiger partial charge in [-0.3, -0.25) is 4.79 Å². The van der Waals surface area contributed by atoms with Crippen LogP contribution in [0, 0.1) is 24.1 Å². The number of furan rings is 1. The molecule has 0 fully saturated rings. The van der Waals surface area contributed by atoms with Gasteiger partial charge in [0, 0.05) is 16.6 Å². The molecule has 3 aromatic rings. The topological polar surface area (TPSA) is 66.0 Å². The molecular formula is C17H11FN2O2. The number of nitrogens with one attached hydrogen (secondary N) is 1. The molecule has 4 nitrogen and oxygen atoms in total. The number of carbonyl (C=O) groups excluding carboxylic acids is 1. The minimum absolute atomic E-state index is 0.128.